The predicted molar refractivity (Wildman–Crippen MR) is 72.1 cm³/mol. The maximum absolute atomic E-state index is 6.11. The number of hydrogen-bond acceptors (Lipinski definition) is 3. The third-order valence-corrected chi connectivity index (χ3v) is 3.93. The first-order chi connectivity index (χ1) is 8.65. The van der Waals surface area contributed by atoms with E-state index < -0.39 is 0 Å². The van der Waals surface area contributed by atoms with Gasteiger partial charge in [0.2, 0.25) is 0 Å². The van der Waals surface area contributed by atoms with E-state index in [9.17, 15) is 0 Å². The van der Waals surface area contributed by atoms with Gasteiger partial charge in [-0.3, -0.25) is 0 Å². The smallest absolute Gasteiger partial charge is 0.157 e. The summed E-state index contributed by atoms with van der Waals surface area (Å²) >= 11 is 6.11. The zero-order valence-electron chi connectivity index (χ0n) is 10.7. The molecule has 0 bridgehead atoms. The number of aromatic nitrogens is 3. The molecule has 0 spiro atoms. The molecule has 96 valence electrons. The van der Waals surface area contributed by atoms with Gasteiger partial charge in [0.15, 0.2) is 11.5 Å². The third kappa shape index (κ3) is 1.99. The fourth-order valence-electron chi connectivity index (χ4n) is 2.53. The number of likely N-dealkylation sites (tertiary alicyclic amines) is 1. The second-order valence-electron chi connectivity index (χ2n) is 5.16. The number of pyridine rings is 1. The number of halogens is 1. The average molecular weight is 265 g/mol. The molecule has 2 aromatic heterocycles. The Labute approximate surface area is 112 Å². The highest BCUT2D eigenvalue weighted by atomic mass is 35.5. The summed E-state index contributed by atoms with van der Waals surface area (Å²) in [5.41, 5.74) is 0.834. The van der Waals surface area contributed by atoms with Crippen molar-refractivity contribution in [1.82, 2.24) is 19.5 Å². The van der Waals surface area contributed by atoms with E-state index in [1.54, 1.807) is 4.52 Å². The van der Waals surface area contributed by atoms with Gasteiger partial charge in [-0.15, -0.1) is 5.10 Å². The van der Waals surface area contributed by atoms with E-state index in [1.807, 2.05) is 18.2 Å². The molecule has 0 amide bonds. The quantitative estimate of drug-likeness (QED) is 0.782. The molecule has 1 atom stereocenters. The van der Waals surface area contributed by atoms with Gasteiger partial charge in [0.25, 0.3) is 0 Å². The van der Waals surface area contributed by atoms with E-state index in [0.29, 0.717) is 17.1 Å². The van der Waals surface area contributed by atoms with E-state index in [-0.39, 0.29) is 0 Å². The van der Waals surface area contributed by atoms with Crippen molar-refractivity contribution >= 4 is 17.2 Å². The first-order valence-electron chi connectivity index (χ1n) is 6.40. The molecule has 4 nitrogen and oxygen atoms in total. The van der Waals surface area contributed by atoms with Crippen LogP contribution < -0.4 is 0 Å². The van der Waals surface area contributed by atoms with Gasteiger partial charge >= 0.3 is 0 Å². The van der Waals surface area contributed by atoms with Crippen LogP contribution in [0.1, 0.15) is 32.0 Å². The molecule has 1 saturated heterocycles. The van der Waals surface area contributed by atoms with Crippen molar-refractivity contribution in [3.8, 4) is 0 Å². The zero-order valence-corrected chi connectivity index (χ0v) is 11.4. The number of fused-ring (bicyclic) bond motifs is 1. The van der Waals surface area contributed by atoms with Crippen LogP contribution >= 0.6 is 11.6 Å². The first-order valence-corrected chi connectivity index (χ1v) is 6.78. The SMILES string of the molecule is CC(C)N1CCC(c2nc3cccc(Cl)n3n2)C1. The summed E-state index contributed by atoms with van der Waals surface area (Å²) in [5, 5.41) is 5.15. The minimum Gasteiger partial charge on any atom is -0.300 e. The standard InChI is InChI=1S/C13H17ClN4/c1-9(2)17-7-6-10(8-17)13-15-12-5-3-4-11(14)18(12)16-13/h3-5,9-10H,6-8H2,1-2H3. The molecule has 1 unspecified atom stereocenters. The van der Waals surface area contributed by atoms with Gasteiger partial charge < -0.3 is 4.90 Å². The molecule has 3 rings (SSSR count). The highest BCUT2D eigenvalue weighted by Gasteiger charge is 2.28. The Morgan fingerprint density at radius 2 is 2.22 bits per heavy atom. The number of rotatable bonds is 2. The van der Waals surface area contributed by atoms with Gasteiger partial charge in [-0.25, -0.2) is 9.50 Å². The number of nitrogens with zero attached hydrogens (tertiary/aromatic N) is 4. The Morgan fingerprint density at radius 3 is 2.89 bits per heavy atom. The lowest BCUT2D eigenvalue weighted by Gasteiger charge is -2.19. The molecular weight excluding hydrogens is 248 g/mol. The Kier molecular flexibility index (Phi) is 2.99. The van der Waals surface area contributed by atoms with Crippen molar-refractivity contribution in [3.63, 3.8) is 0 Å². The lowest BCUT2D eigenvalue weighted by molar-refractivity contribution is 0.272. The summed E-state index contributed by atoms with van der Waals surface area (Å²) < 4.78 is 1.72. The van der Waals surface area contributed by atoms with Crippen LogP contribution in [0.25, 0.3) is 5.65 Å². The fraction of sp³-hybridized carbons (Fsp3) is 0.538. The summed E-state index contributed by atoms with van der Waals surface area (Å²) in [4.78, 5) is 7.06. The van der Waals surface area contributed by atoms with Gasteiger partial charge in [-0.2, -0.15) is 0 Å². The summed E-state index contributed by atoms with van der Waals surface area (Å²) in [6.45, 7) is 6.64. The molecule has 1 aliphatic rings. The summed E-state index contributed by atoms with van der Waals surface area (Å²) in [5.74, 6) is 1.36. The summed E-state index contributed by atoms with van der Waals surface area (Å²) in [6.07, 6.45) is 1.13. The highest BCUT2D eigenvalue weighted by molar-refractivity contribution is 6.29. The highest BCUT2D eigenvalue weighted by Crippen LogP contribution is 2.27. The van der Waals surface area contributed by atoms with E-state index in [0.717, 1.165) is 31.0 Å². The fourth-order valence-corrected chi connectivity index (χ4v) is 2.73. The lowest BCUT2D eigenvalue weighted by atomic mass is 10.1. The lowest BCUT2D eigenvalue weighted by Crippen LogP contribution is -2.28. The maximum atomic E-state index is 6.11. The van der Waals surface area contributed by atoms with Crippen molar-refractivity contribution in [2.24, 2.45) is 0 Å². The third-order valence-electron chi connectivity index (χ3n) is 3.65. The first kappa shape index (κ1) is 11.9. The van der Waals surface area contributed by atoms with Crippen LogP contribution in [0.3, 0.4) is 0 Å². The normalized spacial score (nSPS) is 21.2. The largest absolute Gasteiger partial charge is 0.300 e. The van der Waals surface area contributed by atoms with Gasteiger partial charge in [-0.05, 0) is 38.9 Å². The second-order valence-corrected chi connectivity index (χ2v) is 5.55. The van der Waals surface area contributed by atoms with Crippen molar-refractivity contribution in [3.05, 3.63) is 29.2 Å². The van der Waals surface area contributed by atoms with Crippen LogP contribution in [0.2, 0.25) is 5.15 Å². The molecule has 3 heterocycles. The molecule has 18 heavy (non-hydrogen) atoms. The van der Waals surface area contributed by atoms with Crippen molar-refractivity contribution in [2.45, 2.75) is 32.2 Å². The van der Waals surface area contributed by atoms with Gasteiger partial charge in [0, 0.05) is 18.5 Å². The monoisotopic (exact) mass is 264 g/mol. The topological polar surface area (TPSA) is 33.4 Å². The Morgan fingerprint density at radius 1 is 1.39 bits per heavy atom. The van der Waals surface area contributed by atoms with Crippen molar-refractivity contribution in [2.75, 3.05) is 13.1 Å². The van der Waals surface area contributed by atoms with Crippen LogP contribution in [0.15, 0.2) is 18.2 Å². The molecule has 0 aromatic carbocycles. The molecule has 0 saturated carbocycles. The summed E-state index contributed by atoms with van der Waals surface area (Å²) in [6, 6.07) is 6.28. The molecular formula is C13H17ClN4. The van der Waals surface area contributed by atoms with Crippen LogP contribution in [0.4, 0.5) is 0 Å². The van der Waals surface area contributed by atoms with Crippen molar-refractivity contribution < 1.29 is 0 Å². The van der Waals surface area contributed by atoms with Gasteiger partial charge in [0.05, 0.1) is 0 Å². The van der Waals surface area contributed by atoms with Crippen LogP contribution in [0, 0.1) is 0 Å². The molecule has 0 N–H and O–H groups in total. The van der Waals surface area contributed by atoms with E-state index in [4.69, 9.17) is 11.6 Å². The minimum absolute atomic E-state index is 0.434. The van der Waals surface area contributed by atoms with E-state index in [2.05, 4.69) is 28.8 Å². The Balaban J connectivity index is 1.89. The molecule has 1 fully saturated rings. The van der Waals surface area contributed by atoms with E-state index in [1.165, 1.54) is 0 Å². The molecule has 0 aliphatic carbocycles. The molecule has 5 heteroatoms. The molecule has 2 aromatic rings. The molecule has 1 aliphatic heterocycles. The van der Waals surface area contributed by atoms with Crippen LogP contribution in [0.5, 0.6) is 0 Å². The van der Waals surface area contributed by atoms with Gasteiger partial charge in [-0.1, -0.05) is 17.7 Å². The van der Waals surface area contributed by atoms with Crippen LogP contribution in [-0.2, 0) is 0 Å². The van der Waals surface area contributed by atoms with Crippen LogP contribution in [-0.4, -0.2) is 38.6 Å². The zero-order chi connectivity index (χ0) is 12.7. The molecule has 0 radical (unpaired) electrons. The summed E-state index contributed by atoms with van der Waals surface area (Å²) in [7, 11) is 0. The Hall–Kier alpha value is -1.13. The average Bonchev–Trinajstić information content (AvgIpc) is 2.95. The van der Waals surface area contributed by atoms with E-state index >= 15 is 0 Å². The second kappa shape index (κ2) is 4.52. The predicted octanol–water partition coefficient (Wildman–Crippen LogP) is 2.58. The van der Waals surface area contributed by atoms with Crippen molar-refractivity contribution in [1.29, 1.82) is 0 Å². The minimum atomic E-state index is 0.434. The van der Waals surface area contributed by atoms with Gasteiger partial charge in [0.1, 0.15) is 5.15 Å². The number of hydrogen-bond donors (Lipinski definition) is 0. The maximum Gasteiger partial charge on any atom is 0.157 e. The Bertz CT molecular complexity index is 563.